The lowest BCUT2D eigenvalue weighted by atomic mass is 10.1. The summed E-state index contributed by atoms with van der Waals surface area (Å²) < 4.78 is 33.5. The molecule has 3 heterocycles. The number of piperazine rings is 1. The number of amides is 1. The van der Waals surface area contributed by atoms with E-state index in [0.29, 0.717) is 50.7 Å². The second kappa shape index (κ2) is 7.85. The smallest absolute Gasteiger partial charge is 0.289 e. The number of nitrogens with zero attached hydrogens (tertiary/aromatic N) is 3. The first-order valence-electron chi connectivity index (χ1n) is 8.93. The second-order valence-corrected chi connectivity index (χ2v) is 9.27. The Morgan fingerprint density at radius 2 is 1.89 bits per heavy atom. The van der Waals surface area contributed by atoms with Crippen LogP contribution in [0.5, 0.6) is 0 Å². The van der Waals surface area contributed by atoms with Crippen molar-refractivity contribution >= 4 is 15.7 Å². The number of aryl methyl sites for hydroxylation is 2. The van der Waals surface area contributed by atoms with Crippen LogP contribution in [0, 0.1) is 13.8 Å². The summed E-state index contributed by atoms with van der Waals surface area (Å²) in [5, 5.41) is 3.93. The van der Waals surface area contributed by atoms with Gasteiger partial charge in [0.25, 0.3) is 5.91 Å². The Hall–Kier alpha value is -2.13. The summed E-state index contributed by atoms with van der Waals surface area (Å²) in [6, 6.07) is 3.51. The standard InChI is InChI=1S/C18H25N3O5S/c1-13-16(14(2)26-19-13)12-15-4-5-17(25-15)18(22)21-8-6-20(7-9-21)10-11-27(3,23)24/h4-5H,6-12H2,1-3H3. The van der Waals surface area contributed by atoms with Crippen molar-refractivity contribution in [1.29, 1.82) is 0 Å². The lowest BCUT2D eigenvalue weighted by Crippen LogP contribution is -2.49. The molecule has 0 saturated carbocycles. The van der Waals surface area contributed by atoms with Crippen molar-refractivity contribution in [3.8, 4) is 0 Å². The van der Waals surface area contributed by atoms with Crippen LogP contribution in [0.2, 0.25) is 0 Å². The fraction of sp³-hybridized carbons (Fsp3) is 0.556. The van der Waals surface area contributed by atoms with Crippen molar-refractivity contribution < 1.29 is 22.2 Å². The van der Waals surface area contributed by atoms with Crippen LogP contribution in [0.4, 0.5) is 0 Å². The molecule has 27 heavy (non-hydrogen) atoms. The van der Waals surface area contributed by atoms with Gasteiger partial charge in [-0.25, -0.2) is 8.42 Å². The maximum Gasteiger partial charge on any atom is 0.289 e. The predicted octanol–water partition coefficient (Wildman–Crippen LogP) is 1.28. The van der Waals surface area contributed by atoms with E-state index in [2.05, 4.69) is 10.1 Å². The van der Waals surface area contributed by atoms with E-state index in [0.717, 1.165) is 17.0 Å². The summed E-state index contributed by atoms with van der Waals surface area (Å²) in [5.74, 6) is 1.77. The third-order valence-corrected chi connectivity index (χ3v) is 5.77. The van der Waals surface area contributed by atoms with Gasteiger partial charge in [0.05, 0.1) is 11.4 Å². The van der Waals surface area contributed by atoms with Crippen molar-refractivity contribution in [3.63, 3.8) is 0 Å². The number of carbonyl (C=O) groups excluding carboxylic acids is 1. The average molecular weight is 395 g/mol. The fourth-order valence-electron chi connectivity index (χ4n) is 3.14. The van der Waals surface area contributed by atoms with Crippen LogP contribution in [-0.2, 0) is 16.3 Å². The van der Waals surface area contributed by atoms with Crippen LogP contribution in [0.3, 0.4) is 0 Å². The monoisotopic (exact) mass is 395 g/mol. The molecule has 0 atom stereocenters. The summed E-state index contributed by atoms with van der Waals surface area (Å²) >= 11 is 0. The molecule has 2 aromatic heterocycles. The van der Waals surface area contributed by atoms with Gasteiger partial charge in [0.2, 0.25) is 0 Å². The van der Waals surface area contributed by atoms with Crippen molar-refractivity contribution in [1.82, 2.24) is 15.0 Å². The molecule has 1 aliphatic rings. The summed E-state index contributed by atoms with van der Waals surface area (Å²) in [6.07, 6.45) is 1.78. The van der Waals surface area contributed by atoms with Gasteiger partial charge in [-0.2, -0.15) is 0 Å². The van der Waals surface area contributed by atoms with Crippen molar-refractivity contribution in [2.75, 3.05) is 44.7 Å². The summed E-state index contributed by atoms with van der Waals surface area (Å²) in [5.41, 5.74) is 1.80. The molecule has 0 aromatic carbocycles. The van der Waals surface area contributed by atoms with E-state index in [1.54, 1.807) is 11.0 Å². The fourth-order valence-corrected chi connectivity index (χ4v) is 3.73. The summed E-state index contributed by atoms with van der Waals surface area (Å²) in [7, 11) is -2.97. The average Bonchev–Trinajstić information content (AvgIpc) is 3.21. The van der Waals surface area contributed by atoms with Gasteiger partial charge in [-0.05, 0) is 26.0 Å². The highest BCUT2D eigenvalue weighted by atomic mass is 32.2. The highest BCUT2D eigenvalue weighted by molar-refractivity contribution is 7.90. The van der Waals surface area contributed by atoms with Crippen LogP contribution in [-0.4, -0.2) is 74.0 Å². The summed E-state index contributed by atoms with van der Waals surface area (Å²) in [4.78, 5) is 16.5. The Labute approximate surface area is 159 Å². The molecule has 1 fully saturated rings. The predicted molar refractivity (Wildman–Crippen MR) is 99.5 cm³/mol. The first-order valence-corrected chi connectivity index (χ1v) is 11.0. The molecule has 0 aliphatic carbocycles. The van der Waals surface area contributed by atoms with Crippen LogP contribution < -0.4 is 0 Å². The minimum absolute atomic E-state index is 0.136. The number of hydrogen-bond acceptors (Lipinski definition) is 7. The van der Waals surface area contributed by atoms with E-state index < -0.39 is 9.84 Å². The summed E-state index contributed by atoms with van der Waals surface area (Å²) in [6.45, 7) is 6.67. The molecule has 0 bridgehead atoms. The van der Waals surface area contributed by atoms with Crippen molar-refractivity contribution in [3.05, 3.63) is 40.7 Å². The SMILES string of the molecule is Cc1noc(C)c1Cc1ccc(C(=O)N2CCN(CCS(C)(=O)=O)CC2)o1. The van der Waals surface area contributed by atoms with Gasteiger partial charge in [-0.15, -0.1) is 0 Å². The third kappa shape index (κ3) is 4.98. The zero-order valence-corrected chi connectivity index (χ0v) is 16.7. The number of furan rings is 1. The van der Waals surface area contributed by atoms with Gasteiger partial charge >= 0.3 is 0 Å². The van der Waals surface area contributed by atoms with Crippen LogP contribution >= 0.6 is 0 Å². The first kappa shape index (κ1) is 19.6. The van der Waals surface area contributed by atoms with E-state index in [9.17, 15) is 13.2 Å². The van der Waals surface area contributed by atoms with Crippen molar-refractivity contribution in [2.45, 2.75) is 20.3 Å². The van der Waals surface area contributed by atoms with Gasteiger partial charge in [0.15, 0.2) is 5.76 Å². The second-order valence-electron chi connectivity index (χ2n) is 7.01. The highest BCUT2D eigenvalue weighted by Gasteiger charge is 2.25. The minimum Gasteiger partial charge on any atom is -0.456 e. The molecular formula is C18H25N3O5S. The van der Waals surface area contributed by atoms with E-state index in [4.69, 9.17) is 8.94 Å². The molecule has 0 spiro atoms. The van der Waals surface area contributed by atoms with Crippen LogP contribution in [0.25, 0.3) is 0 Å². The minimum atomic E-state index is -2.97. The Morgan fingerprint density at radius 1 is 1.19 bits per heavy atom. The molecule has 0 radical (unpaired) electrons. The number of carbonyl (C=O) groups is 1. The Bertz CT molecular complexity index is 888. The number of sulfone groups is 1. The molecule has 1 aliphatic heterocycles. The normalized spacial score (nSPS) is 16.0. The van der Waals surface area contributed by atoms with E-state index in [-0.39, 0.29) is 11.7 Å². The molecular weight excluding hydrogens is 370 g/mol. The number of aromatic nitrogens is 1. The number of hydrogen-bond donors (Lipinski definition) is 0. The third-order valence-electron chi connectivity index (χ3n) is 4.84. The maximum absolute atomic E-state index is 12.7. The number of rotatable bonds is 6. The molecule has 148 valence electrons. The van der Waals surface area contributed by atoms with Gasteiger partial charge in [0, 0.05) is 51.0 Å². The molecule has 2 aromatic rings. The van der Waals surface area contributed by atoms with Crippen molar-refractivity contribution in [2.24, 2.45) is 0 Å². The van der Waals surface area contributed by atoms with E-state index >= 15 is 0 Å². The highest BCUT2D eigenvalue weighted by Crippen LogP contribution is 2.20. The molecule has 1 saturated heterocycles. The van der Waals surface area contributed by atoms with Gasteiger partial charge in [0.1, 0.15) is 21.4 Å². The Morgan fingerprint density at radius 3 is 2.48 bits per heavy atom. The van der Waals surface area contributed by atoms with Gasteiger partial charge in [-0.1, -0.05) is 5.16 Å². The lowest BCUT2D eigenvalue weighted by Gasteiger charge is -2.34. The Kier molecular flexibility index (Phi) is 5.71. The molecule has 8 nitrogen and oxygen atoms in total. The quantitative estimate of drug-likeness (QED) is 0.727. The molecule has 3 rings (SSSR count). The molecule has 0 unspecified atom stereocenters. The van der Waals surface area contributed by atoms with E-state index in [1.807, 2.05) is 19.9 Å². The zero-order chi connectivity index (χ0) is 19.6. The van der Waals surface area contributed by atoms with Crippen LogP contribution in [0.1, 0.15) is 33.3 Å². The topological polar surface area (TPSA) is 96.9 Å². The van der Waals surface area contributed by atoms with Crippen LogP contribution in [0.15, 0.2) is 21.1 Å². The molecule has 0 N–H and O–H groups in total. The maximum atomic E-state index is 12.7. The van der Waals surface area contributed by atoms with Gasteiger partial charge < -0.3 is 13.8 Å². The molecule has 1 amide bonds. The van der Waals surface area contributed by atoms with Gasteiger partial charge in [-0.3, -0.25) is 9.69 Å². The lowest BCUT2D eigenvalue weighted by molar-refractivity contribution is 0.0611. The largest absolute Gasteiger partial charge is 0.456 e. The zero-order valence-electron chi connectivity index (χ0n) is 15.9. The molecule has 9 heteroatoms. The first-order chi connectivity index (χ1) is 12.7. The Balaban J connectivity index is 1.56. The van der Waals surface area contributed by atoms with E-state index in [1.165, 1.54) is 6.26 Å².